The van der Waals surface area contributed by atoms with Crippen LogP contribution in [0.2, 0.25) is 0 Å². The summed E-state index contributed by atoms with van der Waals surface area (Å²) in [6.07, 6.45) is 14.4. The molecule has 1 aliphatic heterocycles. The molecular weight excluding hydrogens is 456 g/mol. The standard InChI is InChI=1S/C34H52O3/c1-22(20-35)10-13-30-23(2)32-31(37-30)19-29-27-12-11-25-18-26(36-21-24-8-6-5-7-9-24)14-16-33(25,3)28(27)15-17-34(29,32)4/h5-9,22-23,25-32,35H,10-21H2,1-4H3/t22-,23-,25?,26+,27?,28?,29?,30?,31?,32?,33+,34+/m1/s1. The molecule has 0 aromatic heterocycles. The Hall–Kier alpha value is -0.900. The Morgan fingerprint density at radius 1 is 1.00 bits per heavy atom. The Balaban J connectivity index is 1.10. The van der Waals surface area contributed by atoms with Gasteiger partial charge in [-0.3, -0.25) is 0 Å². The topological polar surface area (TPSA) is 38.7 Å². The van der Waals surface area contributed by atoms with Crippen LogP contribution in [0.1, 0.15) is 97.5 Å². The summed E-state index contributed by atoms with van der Waals surface area (Å²) in [6, 6.07) is 10.7. The van der Waals surface area contributed by atoms with E-state index in [9.17, 15) is 5.11 Å². The number of benzene rings is 1. The molecule has 1 heterocycles. The molecule has 0 spiro atoms. The zero-order valence-corrected chi connectivity index (χ0v) is 23.9. The van der Waals surface area contributed by atoms with E-state index in [0.717, 1.165) is 49.0 Å². The summed E-state index contributed by atoms with van der Waals surface area (Å²) >= 11 is 0. The van der Waals surface area contributed by atoms with Crippen LogP contribution < -0.4 is 0 Å². The SMILES string of the molecule is C[C@@H](CO)CCC1OC2CC3C4CCC5C[C@@H](OCc6ccccc6)CC[C@]5(C)C4CC[C@]3(C)C2[C@@H]1C. The van der Waals surface area contributed by atoms with Gasteiger partial charge in [0.15, 0.2) is 0 Å². The minimum atomic E-state index is 0.302. The van der Waals surface area contributed by atoms with Gasteiger partial charge in [0.05, 0.1) is 24.9 Å². The highest BCUT2D eigenvalue weighted by atomic mass is 16.5. The lowest BCUT2D eigenvalue weighted by Crippen LogP contribution is -2.54. The molecule has 1 aromatic rings. The summed E-state index contributed by atoms with van der Waals surface area (Å²) in [5, 5.41) is 9.49. The van der Waals surface area contributed by atoms with E-state index in [1.165, 1.54) is 56.9 Å². The van der Waals surface area contributed by atoms with E-state index in [-0.39, 0.29) is 0 Å². The summed E-state index contributed by atoms with van der Waals surface area (Å²) in [4.78, 5) is 0. The molecule has 5 fully saturated rings. The van der Waals surface area contributed by atoms with Gasteiger partial charge in [-0.05, 0) is 122 Å². The summed E-state index contributed by atoms with van der Waals surface area (Å²) in [7, 11) is 0. The highest BCUT2D eigenvalue weighted by Crippen LogP contribution is 2.70. The first-order valence-electron chi connectivity index (χ1n) is 15.8. The molecule has 7 unspecified atom stereocenters. The molecule has 1 N–H and O–H groups in total. The first-order chi connectivity index (χ1) is 17.8. The van der Waals surface area contributed by atoms with E-state index >= 15 is 0 Å². The quantitative estimate of drug-likeness (QED) is 0.411. The number of rotatable bonds is 7. The van der Waals surface area contributed by atoms with Crippen LogP contribution in [0, 0.1) is 52.3 Å². The second kappa shape index (κ2) is 10.3. The Morgan fingerprint density at radius 3 is 2.57 bits per heavy atom. The van der Waals surface area contributed by atoms with Crippen LogP contribution >= 0.6 is 0 Å². The molecule has 6 rings (SSSR count). The summed E-state index contributed by atoms with van der Waals surface area (Å²) in [6.45, 7) is 11.1. The Bertz CT molecular complexity index is 917. The van der Waals surface area contributed by atoms with Gasteiger partial charge in [-0.15, -0.1) is 0 Å². The zero-order valence-electron chi connectivity index (χ0n) is 23.9. The van der Waals surface area contributed by atoms with Gasteiger partial charge < -0.3 is 14.6 Å². The summed E-state index contributed by atoms with van der Waals surface area (Å²) in [5.74, 6) is 5.27. The van der Waals surface area contributed by atoms with Crippen molar-refractivity contribution >= 4 is 0 Å². The van der Waals surface area contributed by atoms with E-state index in [1.807, 2.05) is 0 Å². The molecule has 206 valence electrons. The van der Waals surface area contributed by atoms with Gasteiger partial charge in [0.25, 0.3) is 0 Å². The number of fused-ring (bicyclic) bond motifs is 7. The van der Waals surface area contributed by atoms with Gasteiger partial charge in [-0.25, -0.2) is 0 Å². The predicted molar refractivity (Wildman–Crippen MR) is 149 cm³/mol. The maximum atomic E-state index is 9.49. The fourth-order valence-electron chi connectivity index (χ4n) is 10.7. The number of hydrogen-bond acceptors (Lipinski definition) is 3. The van der Waals surface area contributed by atoms with Crippen molar-refractivity contribution < 1.29 is 14.6 Å². The molecule has 3 nitrogen and oxygen atoms in total. The van der Waals surface area contributed by atoms with E-state index in [1.54, 1.807) is 0 Å². The molecule has 0 radical (unpaired) electrons. The maximum Gasteiger partial charge on any atom is 0.0720 e. The Labute approximate surface area is 226 Å². The van der Waals surface area contributed by atoms with E-state index in [4.69, 9.17) is 9.47 Å². The molecule has 4 saturated carbocycles. The van der Waals surface area contributed by atoms with Crippen LogP contribution in [-0.2, 0) is 16.1 Å². The van der Waals surface area contributed by atoms with Gasteiger partial charge in [-0.2, -0.15) is 0 Å². The molecule has 12 atom stereocenters. The zero-order chi connectivity index (χ0) is 25.8. The molecule has 0 amide bonds. The minimum Gasteiger partial charge on any atom is -0.396 e. The van der Waals surface area contributed by atoms with Gasteiger partial charge in [-0.1, -0.05) is 58.0 Å². The van der Waals surface area contributed by atoms with Gasteiger partial charge in [0.2, 0.25) is 0 Å². The van der Waals surface area contributed by atoms with Gasteiger partial charge in [0, 0.05) is 6.61 Å². The first kappa shape index (κ1) is 26.3. The largest absolute Gasteiger partial charge is 0.396 e. The van der Waals surface area contributed by atoms with Crippen molar-refractivity contribution in [3.63, 3.8) is 0 Å². The smallest absolute Gasteiger partial charge is 0.0720 e. The highest BCUT2D eigenvalue weighted by molar-refractivity contribution is 5.15. The van der Waals surface area contributed by atoms with Crippen molar-refractivity contribution in [1.29, 1.82) is 0 Å². The average molecular weight is 509 g/mol. The Kier molecular flexibility index (Phi) is 7.29. The van der Waals surface area contributed by atoms with Crippen LogP contribution in [0.15, 0.2) is 30.3 Å². The lowest BCUT2D eigenvalue weighted by atomic mass is 9.44. The summed E-state index contributed by atoms with van der Waals surface area (Å²) < 4.78 is 13.3. The number of hydrogen-bond donors (Lipinski definition) is 1. The third-order valence-corrected chi connectivity index (χ3v) is 12.8. The third kappa shape index (κ3) is 4.53. The molecule has 1 aromatic carbocycles. The highest BCUT2D eigenvalue weighted by Gasteiger charge is 2.65. The molecule has 0 bridgehead atoms. The number of aliphatic hydroxyl groups excluding tert-OH is 1. The van der Waals surface area contributed by atoms with Crippen LogP contribution in [0.4, 0.5) is 0 Å². The second-order valence-electron chi connectivity index (χ2n) is 14.6. The van der Waals surface area contributed by atoms with Gasteiger partial charge >= 0.3 is 0 Å². The lowest BCUT2D eigenvalue weighted by molar-refractivity contribution is -0.139. The van der Waals surface area contributed by atoms with Crippen molar-refractivity contribution in [1.82, 2.24) is 0 Å². The molecule has 1 saturated heterocycles. The van der Waals surface area contributed by atoms with Crippen molar-refractivity contribution in [2.75, 3.05) is 6.61 Å². The monoisotopic (exact) mass is 508 g/mol. The van der Waals surface area contributed by atoms with Gasteiger partial charge in [0.1, 0.15) is 0 Å². The first-order valence-corrected chi connectivity index (χ1v) is 15.8. The van der Waals surface area contributed by atoms with Crippen LogP contribution in [0.3, 0.4) is 0 Å². The van der Waals surface area contributed by atoms with Crippen LogP contribution in [-0.4, -0.2) is 30.0 Å². The van der Waals surface area contributed by atoms with E-state index < -0.39 is 0 Å². The van der Waals surface area contributed by atoms with Crippen LogP contribution in [0.5, 0.6) is 0 Å². The van der Waals surface area contributed by atoms with Crippen molar-refractivity contribution in [3.05, 3.63) is 35.9 Å². The number of ether oxygens (including phenoxy) is 2. The predicted octanol–water partition coefficient (Wildman–Crippen LogP) is 7.65. The molecular formula is C34H52O3. The summed E-state index contributed by atoms with van der Waals surface area (Å²) in [5.41, 5.74) is 2.27. The lowest BCUT2D eigenvalue weighted by Gasteiger charge is -2.61. The number of aliphatic hydroxyl groups is 1. The van der Waals surface area contributed by atoms with Crippen molar-refractivity contribution in [2.24, 2.45) is 52.3 Å². The average Bonchev–Trinajstić information content (AvgIpc) is 3.39. The molecule has 5 aliphatic rings. The fraction of sp³-hybridized carbons (Fsp3) is 0.824. The maximum absolute atomic E-state index is 9.49. The fourth-order valence-corrected chi connectivity index (χ4v) is 10.7. The molecule has 37 heavy (non-hydrogen) atoms. The normalized spacial score (nSPS) is 47.5. The minimum absolute atomic E-state index is 0.302. The third-order valence-electron chi connectivity index (χ3n) is 12.8. The van der Waals surface area contributed by atoms with E-state index in [0.29, 0.717) is 47.6 Å². The molecule has 4 aliphatic carbocycles. The van der Waals surface area contributed by atoms with E-state index in [2.05, 4.69) is 58.0 Å². The van der Waals surface area contributed by atoms with Crippen LogP contribution in [0.25, 0.3) is 0 Å². The molecule has 3 heteroatoms. The van der Waals surface area contributed by atoms with Crippen molar-refractivity contribution in [2.45, 2.75) is 117 Å². The van der Waals surface area contributed by atoms with Crippen molar-refractivity contribution in [3.8, 4) is 0 Å². The Morgan fingerprint density at radius 2 is 1.78 bits per heavy atom. The second-order valence-corrected chi connectivity index (χ2v) is 14.6.